The number of pyridine rings is 1. The summed E-state index contributed by atoms with van der Waals surface area (Å²) in [5, 5.41) is 1.32. The summed E-state index contributed by atoms with van der Waals surface area (Å²) in [5.74, 6) is 0. The van der Waals surface area contributed by atoms with Crippen molar-refractivity contribution in [3.8, 4) is 5.69 Å². The number of halogens is 1. The Morgan fingerprint density at radius 2 is 1.96 bits per heavy atom. The zero-order valence-corrected chi connectivity index (χ0v) is 15.2. The van der Waals surface area contributed by atoms with E-state index in [1.54, 1.807) is 17.1 Å². The van der Waals surface area contributed by atoms with E-state index in [4.69, 9.17) is 11.6 Å². The van der Waals surface area contributed by atoms with Crippen LogP contribution in [0.2, 0.25) is 5.02 Å². The maximum Gasteiger partial charge on any atom is 0.275 e. The molecule has 0 fully saturated rings. The summed E-state index contributed by atoms with van der Waals surface area (Å²) in [5.41, 5.74) is 3.25. The van der Waals surface area contributed by atoms with E-state index in [0.717, 1.165) is 27.0 Å². The number of benzene rings is 1. The normalized spacial score (nSPS) is 11.8. The van der Waals surface area contributed by atoms with Crippen LogP contribution in [0.5, 0.6) is 0 Å². The highest BCUT2D eigenvalue weighted by molar-refractivity contribution is 7.25. The van der Waals surface area contributed by atoms with Crippen LogP contribution in [0.3, 0.4) is 0 Å². The molecule has 0 aliphatic heterocycles. The number of allylic oxidation sites excluding steroid dienone is 1. The van der Waals surface area contributed by atoms with Crippen LogP contribution in [0.25, 0.3) is 32.2 Å². The first-order valence-corrected chi connectivity index (χ1v) is 8.97. The molecular formula is C19H14ClN3OS. The number of nitrogens with zero attached hydrogens (tertiary/aromatic N) is 3. The Hall–Kier alpha value is -2.50. The Labute approximate surface area is 153 Å². The van der Waals surface area contributed by atoms with Gasteiger partial charge >= 0.3 is 0 Å². The molecule has 0 saturated carbocycles. The Morgan fingerprint density at radius 3 is 2.68 bits per heavy atom. The van der Waals surface area contributed by atoms with Gasteiger partial charge in [-0.2, -0.15) is 0 Å². The number of hydrogen-bond acceptors (Lipinski definition) is 4. The molecule has 0 unspecified atom stereocenters. The number of fused-ring (bicyclic) bond motifs is 3. The smallest absolute Gasteiger partial charge is 0.267 e. The van der Waals surface area contributed by atoms with Crippen LogP contribution in [0.4, 0.5) is 0 Å². The van der Waals surface area contributed by atoms with Crippen LogP contribution in [-0.4, -0.2) is 14.5 Å². The third kappa shape index (κ3) is 2.56. The monoisotopic (exact) mass is 367 g/mol. The first-order valence-electron chi connectivity index (χ1n) is 7.78. The van der Waals surface area contributed by atoms with Crippen molar-refractivity contribution in [3.63, 3.8) is 0 Å². The van der Waals surface area contributed by atoms with Crippen LogP contribution in [0, 0.1) is 6.92 Å². The largest absolute Gasteiger partial charge is 0.275 e. The SMILES string of the molecule is CC=Cc1cnc2sc3c(=O)n(-c4ccc(C)cc4)cnc3c2c1Cl. The van der Waals surface area contributed by atoms with Crippen LogP contribution >= 0.6 is 22.9 Å². The van der Waals surface area contributed by atoms with Gasteiger partial charge in [-0.3, -0.25) is 9.36 Å². The lowest BCUT2D eigenvalue weighted by atomic mass is 10.2. The van der Waals surface area contributed by atoms with Crippen molar-refractivity contribution in [1.82, 2.24) is 14.5 Å². The first-order chi connectivity index (χ1) is 12.1. The van der Waals surface area contributed by atoms with Gasteiger partial charge in [0.15, 0.2) is 0 Å². The minimum Gasteiger partial charge on any atom is -0.267 e. The van der Waals surface area contributed by atoms with Crippen molar-refractivity contribution in [2.24, 2.45) is 0 Å². The summed E-state index contributed by atoms with van der Waals surface area (Å²) in [6, 6.07) is 7.76. The lowest BCUT2D eigenvalue weighted by Crippen LogP contribution is -2.17. The molecule has 0 aliphatic carbocycles. The van der Waals surface area contributed by atoms with Crippen molar-refractivity contribution < 1.29 is 0 Å². The van der Waals surface area contributed by atoms with E-state index in [1.165, 1.54) is 11.3 Å². The highest BCUT2D eigenvalue weighted by atomic mass is 35.5. The fourth-order valence-corrected chi connectivity index (χ4v) is 4.14. The molecule has 4 nitrogen and oxygen atoms in total. The van der Waals surface area contributed by atoms with Gasteiger partial charge in [0, 0.05) is 11.8 Å². The van der Waals surface area contributed by atoms with E-state index >= 15 is 0 Å². The van der Waals surface area contributed by atoms with E-state index in [9.17, 15) is 4.79 Å². The van der Waals surface area contributed by atoms with Crippen molar-refractivity contribution in [1.29, 1.82) is 0 Å². The molecule has 0 amide bonds. The highest BCUT2D eigenvalue weighted by Crippen LogP contribution is 2.36. The lowest BCUT2D eigenvalue weighted by molar-refractivity contribution is 0.966. The first kappa shape index (κ1) is 16.0. The zero-order chi connectivity index (χ0) is 17.6. The van der Waals surface area contributed by atoms with Gasteiger partial charge < -0.3 is 0 Å². The highest BCUT2D eigenvalue weighted by Gasteiger charge is 2.17. The van der Waals surface area contributed by atoms with Gasteiger partial charge in [-0.1, -0.05) is 41.4 Å². The molecule has 3 aromatic heterocycles. The molecule has 4 aromatic rings. The van der Waals surface area contributed by atoms with Gasteiger partial charge in [0.25, 0.3) is 5.56 Å². The number of rotatable bonds is 2. The molecule has 25 heavy (non-hydrogen) atoms. The summed E-state index contributed by atoms with van der Waals surface area (Å²) >= 11 is 7.86. The second-order valence-corrected chi connectivity index (χ2v) is 7.12. The van der Waals surface area contributed by atoms with E-state index in [-0.39, 0.29) is 5.56 Å². The van der Waals surface area contributed by atoms with Crippen LogP contribution in [-0.2, 0) is 0 Å². The van der Waals surface area contributed by atoms with Crippen LogP contribution in [0.1, 0.15) is 18.1 Å². The summed E-state index contributed by atoms with van der Waals surface area (Å²) in [6.07, 6.45) is 7.07. The zero-order valence-electron chi connectivity index (χ0n) is 13.7. The summed E-state index contributed by atoms with van der Waals surface area (Å²) in [7, 11) is 0. The molecule has 1 aromatic carbocycles. The molecule has 3 heterocycles. The maximum atomic E-state index is 13.0. The van der Waals surface area contributed by atoms with E-state index in [1.807, 2.05) is 50.3 Å². The molecular weight excluding hydrogens is 354 g/mol. The third-order valence-electron chi connectivity index (χ3n) is 4.03. The van der Waals surface area contributed by atoms with Crippen LogP contribution in [0.15, 0.2) is 47.7 Å². The second-order valence-electron chi connectivity index (χ2n) is 5.74. The molecule has 0 aliphatic rings. The van der Waals surface area contributed by atoms with E-state index in [0.29, 0.717) is 15.2 Å². The average molecular weight is 368 g/mol. The molecule has 0 radical (unpaired) electrons. The van der Waals surface area contributed by atoms with Crippen molar-refractivity contribution in [3.05, 3.63) is 69.4 Å². The average Bonchev–Trinajstić information content (AvgIpc) is 2.99. The molecule has 0 saturated heterocycles. The fourth-order valence-electron chi connectivity index (χ4n) is 2.76. The van der Waals surface area contributed by atoms with Gasteiger partial charge in [0.05, 0.1) is 21.6 Å². The number of thiophene rings is 1. The minimum absolute atomic E-state index is 0.111. The Morgan fingerprint density at radius 1 is 1.20 bits per heavy atom. The molecule has 124 valence electrons. The fraction of sp³-hybridized carbons (Fsp3) is 0.105. The topological polar surface area (TPSA) is 47.8 Å². The standard InChI is InChI=1S/C19H14ClN3OS/c1-3-4-12-9-21-18-14(15(12)20)16-17(25-18)19(24)23(10-22-16)13-7-5-11(2)6-8-13/h3-10H,1-2H3. The number of aryl methyl sites for hydroxylation is 1. The van der Waals surface area contributed by atoms with Gasteiger partial charge in [0.2, 0.25) is 0 Å². The van der Waals surface area contributed by atoms with Gasteiger partial charge in [-0.25, -0.2) is 9.97 Å². The van der Waals surface area contributed by atoms with E-state index in [2.05, 4.69) is 9.97 Å². The summed E-state index contributed by atoms with van der Waals surface area (Å²) in [4.78, 5) is 22.6. The predicted molar refractivity (Wildman–Crippen MR) is 105 cm³/mol. The molecule has 4 rings (SSSR count). The summed E-state index contributed by atoms with van der Waals surface area (Å²) in [6.45, 7) is 3.93. The van der Waals surface area contributed by atoms with Crippen molar-refractivity contribution >= 4 is 49.4 Å². The molecule has 0 spiro atoms. The Balaban J connectivity index is 2.02. The van der Waals surface area contributed by atoms with Crippen molar-refractivity contribution in [2.75, 3.05) is 0 Å². The molecule has 0 bridgehead atoms. The number of aromatic nitrogens is 3. The van der Waals surface area contributed by atoms with Gasteiger partial charge in [-0.05, 0) is 26.0 Å². The second kappa shape index (κ2) is 6.10. The third-order valence-corrected chi connectivity index (χ3v) is 5.51. The minimum atomic E-state index is -0.111. The molecule has 0 N–H and O–H groups in total. The Kier molecular flexibility index (Phi) is 3.90. The quantitative estimate of drug-likeness (QED) is 0.501. The predicted octanol–water partition coefficient (Wildman–Crippen LogP) is 4.99. The van der Waals surface area contributed by atoms with Crippen molar-refractivity contribution in [2.45, 2.75) is 13.8 Å². The lowest BCUT2D eigenvalue weighted by Gasteiger charge is -2.05. The summed E-state index contributed by atoms with van der Waals surface area (Å²) < 4.78 is 2.11. The number of hydrogen-bond donors (Lipinski definition) is 0. The van der Waals surface area contributed by atoms with Gasteiger partial charge in [0.1, 0.15) is 15.9 Å². The van der Waals surface area contributed by atoms with E-state index < -0.39 is 0 Å². The Bertz CT molecular complexity index is 1190. The molecule has 6 heteroatoms. The van der Waals surface area contributed by atoms with Crippen LogP contribution < -0.4 is 5.56 Å². The maximum absolute atomic E-state index is 13.0. The van der Waals surface area contributed by atoms with Gasteiger partial charge in [-0.15, -0.1) is 11.3 Å². The molecule has 0 atom stereocenters.